The van der Waals surface area contributed by atoms with Crippen molar-refractivity contribution in [1.29, 1.82) is 0 Å². The average Bonchev–Trinajstić information content (AvgIpc) is 3.44. The van der Waals surface area contributed by atoms with E-state index in [1.54, 1.807) is 9.47 Å². The molecule has 0 radical (unpaired) electrons. The number of benzene rings is 1. The molecule has 168 valence electrons. The minimum Gasteiger partial charge on any atom is -0.503 e. The van der Waals surface area contributed by atoms with Crippen LogP contribution in [0, 0.1) is 23.4 Å². The Morgan fingerprint density at radius 2 is 1.91 bits per heavy atom. The van der Waals surface area contributed by atoms with Crippen molar-refractivity contribution in [3.8, 4) is 5.75 Å². The highest BCUT2D eigenvalue weighted by Crippen LogP contribution is 2.58. The lowest BCUT2D eigenvalue weighted by atomic mass is 10.0. The summed E-state index contributed by atoms with van der Waals surface area (Å²) in [6.45, 7) is 1.73. The van der Waals surface area contributed by atoms with Crippen LogP contribution in [0.25, 0.3) is 0 Å². The second-order valence-electron chi connectivity index (χ2n) is 8.83. The van der Waals surface area contributed by atoms with E-state index >= 15 is 0 Å². The van der Waals surface area contributed by atoms with E-state index in [0.717, 1.165) is 19.3 Å². The van der Waals surface area contributed by atoms with Gasteiger partial charge in [-0.15, -0.1) is 0 Å². The highest BCUT2D eigenvalue weighted by atomic mass is 19.1. The standard InChI is InChI=1S/C22H20F3N3O4/c1-10-2-3-11-6-22(11)9-27(10)21(32)17-19(30)18(29)14(8-28(17)22)20(31)26-7-13-15(24)4-12(23)5-16(13)25/h4-5,8,10-11,30H,2-3,6-7,9H2,1H3,(H,26,31)/t10-,11+,22?/m1/s1. The van der Waals surface area contributed by atoms with Gasteiger partial charge in [0.25, 0.3) is 11.8 Å². The fraction of sp³-hybridized carbons (Fsp3) is 0.409. The summed E-state index contributed by atoms with van der Waals surface area (Å²) < 4.78 is 42.4. The predicted octanol–water partition coefficient (Wildman–Crippen LogP) is 2.25. The Kier molecular flexibility index (Phi) is 4.41. The van der Waals surface area contributed by atoms with Crippen LogP contribution in [0.4, 0.5) is 13.2 Å². The van der Waals surface area contributed by atoms with Gasteiger partial charge in [0, 0.05) is 43.0 Å². The number of nitrogens with one attached hydrogen (secondary N) is 1. The average molecular weight is 447 g/mol. The molecule has 1 aromatic carbocycles. The van der Waals surface area contributed by atoms with Crippen LogP contribution in [-0.4, -0.2) is 39.0 Å². The van der Waals surface area contributed by atoms with Crippen molar-refractivity contribution in [2.75, 3.05) is 6.54 Å². The van der Waals surface area contributed by atoms with Gasteiger partial charge in [0.15, 0.2) is 11.4 Å². The summed E-state index contributed by atoms with van der Waals surface area (Å²) in [5.41, 5.74) is -2.66. The Labute approximate surface area is 180 Å². The third-order valence-corrected chi connectivity index (χ3v) is 7.01. The quantitative estimate of drug-likeness (QED) is 0.755. The molecule has 1 saturated carbocycles. The second-order valence-corrected chi connectivity index (χ2v) is 8.83. The van der Waals surface area contributed by atoms with E-state index in [0.29, 0.717) is 18.7 Å². The van der Waals surface area contributed by atoms with Crippen molar-refractivity contribution in [3.63, 3.8) is 0 Å². The minimum atomic E-state index is -1.18. The van der Waals surface area contributed by atoms with E-state index in [1.807, 2.05) is 6.92 Å². The normalized spacial score (nSPS) is 25.6. The zero-order valence-electron chi connectivity index (χ0n) is 17.1. The van der Waals surface area contributed by atoms with Crippen molar-refractivity contribution in [3.05, 3.63) is 62.8 Å². The van der Waals surface area contributed by atoms with Gasteiger partial charge in [0.1, 0.15) is 23.0 Å². The van der Waals surface area contributed by atoms with Crippen LogP contribution in [0.15, 0.2) is 23.1 Å². The van der Waals surface area contributed by atoms with Crippen LogP contribution >= 0.6 is 0 Å². The Bertz CT molecular complexity index is 1220. The van der Waals surface area contributed by atoms with Crippen LogP contribution in [0.1, 0.15) is 52.6 Å². The fourth-order valence-electron chi connectivity index (χ4n) is 5.08. The minimum absolute atomic E-state index is 0.0288. The summed E-state index contributed by atoms with van der Waals surface area (Å²) in [4.78, 5) is 40.1. The van der Waals surface area contributed by atoms with Gasteiger partial charge in [-0.3, -0.25) is 14.4 Å². The SMILES string of the molecule is C[C@@H]1CC[C@H]2CC23CN1C(=O)c1c(O)c(=O)c(C(=O)NCc2c(F)cc(F)cc2F)cn13. The molecule has 2 aromatic rings. The van der Waals surface area contributed by atoms with Gasteiger partial charge in [0.05, 0.1) is 5.54 Å². The third kappa shape index (κ3) is 2.85. The summed E-state index contributed by atoms with van der Waals surface area (Å²) >= 11 is 0. The van der Waals surface area contributed by atoms with Crippen molar-refractivity contribution >= 4 is 11.8 Å². The first-order valence-electron chi connectivity index (χ1n) is 10.4. The maximum Gasteiger partial charge on any atom is 0.274 e. The van der Waals surface area contributed by atoms with Crippen molar-refractivity contribution in [2.24, 2.45) is 5.92 Å². The number of amides is 2. The lowest BCUT2D eigenvalue weighted by molar-refractivity contribution is 0.0571. The van der Waals surface area contributed by atoms with Gasteiger partial charge in [-0.2, -0.15) is 0 Å². The Balaban J connectivity index is 1.51. The number of hydrogen-bond acceptors (Lipinski definition) is 4. The number of fused-ring (bicyclic) bond motifs is 2. The molecule has 1 aromatic heterocycles. The third-order valence-electron chi connectivity index (χ3n) is 7.01. The second kappa shape index (κ2) is 6.85. The predicted molar refractivity (Wildman–Crippen MR) is 106 cm³/mol. The van der Waals surface area contributed by atoms with Gasteiger partial charge < -0.3 is 19.9 Å². The van der Waals surface area contributed by atoms with Crippen molar-refractivity contribution in [2.45, 2.75) is 44.3 Å². The summed E-state index contributed by atoms with van der Waals surface area (Å²) in [7, 11) is 0. The first-order valence-corrected chi connectivity index (χ1v) is 10.4. The number of pyridine rings is 1. The van der Waals surface area contributed by atoms with Gasteiger partial charge in [-0.05, 0) is 32.1 Å². The molecule has 3 heterocycles. The number of nitrogens with zero attached hydrogens (tertiary/aromatic N) is 2. The monoisotopic (exact) mass is 447 g/mol. The molecule has 2 aliphatic heterocycles. The molecule has 1 saturated heterocycles. The molecule has 1 spiro atoms. The first-order chi connectivity index (χ1) is 15.1. The molecule has 1 unspecified atom stereocenters. The lowest BCUT2D eigenvalue weighted by Gasteiger charge is -2.39. The molecule has 32 heavy (non-hydrogen) atoms. The van der Waals surface area contributed by atoms with E-state index in [1.165, 1.54) is 6.20 Å². The van der Waals surface area contributed by atoms with Crippen LogP contribution < -0.4 is 10.7 Å². The Morgan fingerprint density at radius 3 is 2.59 bits per heavy atom. The molecule has 5 rings (SSSR count). The molecular weight excluding hydrogens is 427 g/mol. The number of halogens is 3. The molecule has 1 aliphatic carbocycles. The molecule has 2 fully saturated rings. The van der Waals surface area contributed by atoms with E-state index in [-0.39, 0.29) is 17.7 Å². The molecule has 10 heteroatoms. The maximum atomic E-state index is 13.9. The zero-order chi connectivity index (χ0) is 22.9. The number of aromatic hydroxyl groups is 1. The summed E-state index contributed by atoms with van der Waals surface area (Å²) in [6, 6.07) is 0.945. The largest absolute Gasteiger partial charge is 0.503 e. The van der Waals surface area contributed by atoms with Crippen LogP contribution in [0.2, 0.25) is 0 Å². The van der Waals surface area contributed by atoms with E-state index in [4.69, 9.17) is 0 Å². The molecule has 3 aliphatic rings. The van der Waals surface area contributed by atoms with Crippen LogP contribution in [0.3, 0.4) is 0 Å². The van der Waals surface area contributed by atoms with Gasteiger partial charge in [-0.1, -0.05) is 0 Å². The van der Waals surface area contributed by atoms with Gasteiger partial charge >= 0.3 is 0 Å². The molecule has 3 atom stereocenters. The summed E-state index contributed by atoms with van der Waals surface area (Å²) in [6.07, 6.45) is 3.70. The van der Waals surface area contributed by atoms with Gasteiger partial charge in [0.2, 0.25) is 5.43 Å². The van der Waals surface area contributed by atoms with Crippen molar-refractivity contribution in [1.82, 2.24) is 14.8 Å². The van der Waals surface area contributed by atoms with E-state index in [2.05, 4.69) is 5.32 Å². The first kappa shape index (κ1) is 20.6. The molecule has 2 bridgehead atoms. The number of rotatable bonds is 3. The maximum absolute atomic E-state index is 13.9. The molecule has 2 N–H and O–H groups in total. The zero-order valence-corrected chi connectivity index (χ0v) is 17.1. The number of aromatic nitrogens is 1. The Morgan fingerprint density at radius 1 is 1.22 bits per heavy atom. The highest BCUT2D eigenvalue weighted by molar-refractivity contribution is 5.99. The summed E-state index contributed by atoms with van der Waals surface area (Å²) in [5.74, 6) is -5.44. The number of carbonyl (C=O) groups is 2. The summed E-state index contributed by atoms with van der Waals surface area (Å²) in [5, 5.41) is 12.8. The van der Waals surface area contributed by atoms with E-state index in [9.17, 15) is 32.7 Å². The topological polar surface area (TPSA) is 91.6 Å². The van der Waals surface area contributed by atoms with Crippen LogP contribution in [-0.2, 0) is 12.1 Å². The van der Waals surface area contributed by atoms with Crippen molar-refractivity contribution < 1.29 is 27.9 Å². The Hall–Kier alpha value is -3.30. The van der Waals surface area contributed by atoms with Gasteiger partial charge in [-0.25, -0.2) is 13.2 Å². The fourth-order valence-corrected chi connectivity index (χ4v) is 5.08. The number of hydrogen-bond donors (Lipinski definition) is 2. The number of carbonyl (C=O) groups excluding carboxylic acids is 2. The molecular formula is C22H20F3N3O4. The highest BCUT2D eigenvalue weighted by Gasteiger charge is 2.62. The van der Waals surface area contributed by atoms with Crippen LogP contribution in [0.5, 0.6) is 5.75 Å². The van der Waals surface area contributed by atoms with E-state index < -0.39 is 63.7 Å². The lowest BCUT2D eigenvalue weighted by Crippen LogP contribution is -2.51. The molecule has 7 nitrogen and oxygen atoms in total. The molecule has 2 amide bonds. The smallest absolute Gasteiger partial charge is 0.274 e.